The number of hydrogen-bond donors (Lipinski definition) is 3. The van der Waals surface area contributed by atoms with E-state index in [1.165, 1.54) is 0 Å². The lowest BCUT2D eigenvalue weighted by molar-refractivity contribution is 0.889. The molecule has 0 aromatic carbocycles. The van der Waals surface area contributed by atoms with E-state index in [1.807, 2.05) is 13.8 Å². The molecule has 0 bridgehead atoms. The molecule has 1 saturated heterocycles. The van der Waals surface area contributed by atoms with Crippen molar-refractivity contribution in [2.75, 3.05) is 0 Å². The first-order valence-electron chi connectivity index (χ1n) is 3.16. The van der Waals surface area contributed by atoms with Gasteiger partial charge in [-0.2, -0.15) is 0 Å². The summed E-state index contributed by atoms with van der Waals surface area (Å²) in [4.78, 5) is 0. The second-order valence-corrected chi connectivity index (χ2v) is 3.22. The summed E-state index contributed by atoms with van der Waals surface area (Å²) in [5, 5.41) is 9.76. The van der Waals surface area contributed by atoms with Gasteiger partial charge in [-0.3, -0.25) is 0 Å². The monoisotopic (exact) mass is 187 g/mol. The molecule has 1 aliphatic heterocycles. The van der Waals surface area contributed by atoms with E-state index >= 15 is 0 Å². The molecule has 11 heavy (non-hydrogen) atoms. The second kappa shape index (κ2) is 3.15. The van der Waals surface area contributed by atoms with E-state index in [9.17, 15) is 0 Å². The molecule has 60 valence electrons. The molecule has 3 nitrogen and oxygen atoms in total. The van der Waals surface area contributed by atoms with E-state index in [4.69, 9.17) is 24.4 Å². The van der Waals surface area contributed by atoms with E-state index in [1.54, 1.807) is 0 Å². The standard InChI is InChI=1S/C6H9N3S2/c1-3(2)4-7-5(10)9-6(11)8-4/h1-2H3,(H3,7,8,9,10,11). The van der Waals surface area contributed by atoms with Crippen LogP contribution >= 0.6 is 24.4 Å². The van der Waals surface area contributed by atoms with Gasteiger partial charge in [0.2, 0.25) is 0 Å². The van der Waals surface area contributed by atoms with Crippen molar-refractivity contribution in [1.82, 2.24) is 16.0 Å². The van der Waals surface area contributed by atoms with E-state index in [0.29, 0.717) is 10.2 Å². The molecule has 0 amide bonds. The average molecular weight is 187 g/mol. The maximum Gasteiger partial charge on any atom is 0.178 e. The van der Waals surface area contributed by atoms with E-state index < -0.39 is 0 Å². The molecule has 0 atom stereocenters. The Bertz CT molecular complexity index is 222. The Morgan fingerprint density at radius 3 is 1.82 bits per heavy atom. The number of nitrogens with one attached hydrogen (secondary N) is 3. The first-order valence-corrected chi connectivity index (χ1v) is 3.97. The van der Waals surface area contributed by atoms with E-state index in [0.717, 1.165) is 11.4 Å². The molecule has 0 unspecified atom stereocenters. The van der Waals surface area contributed by atoms with Crippen LogP contribution in [0.1, 0.15) is 13.8 Å². The minimum Gasteiger partial charge on any atom is -0.319 e. The van der Waals surface area contributed by atoms with Gasteiger partial charge < -0.3 is 16.0 Å². The van der Waals surface area contributed by atoms with Gasteiger partial charge in [-0.25, -0.2) is 0 Å². The summed E-state index contributed by atoms with van der Waals surface area (Å²) in [6, 6.07) is 0. The fourth-order valence-electron chi connectivity index (χ4n) is 0.674. The van der Waals surface area contributed by atoms with Crippen LogP contribution < -0.4 is 16.0 Å². The summed E-state index contributed by atoms with van der Waals surface area (Å²) in [6.45, 7) is 3.96. The van der Waals surface area contributed by atoms with Crippen molar-refractivity contribution >= 4 is 34.7 Å². The van der Waals surface area contributed by atoms with Crippen molar-refractivity contribution in [2.45, 2.75) is 13.8 Å². The molecular formula is C6H9N3S2. The number of rotatable bonds is 0. The molecule has 0 radical (unpaired) electrons. The first kappa shape index (κ1) is 8.42. The fourth-order valence-corrected chi connectivity index (χ4v) is 1.15. The summed E-state index contributed by atoms with van der Waals surface area (Å²) < 4.78 is 0. The first-order chi connectivity index (χ1) is 5.09. The van der Waals surface area contributed by atoms with Gasteiger partial charge in [-0.05, 0) is 43.9 Å². The molecular weight excluding hydrogens is 178 g/mol. The van der Waals surface area contributed by atoms with Crippen molar-refractivity contribution in [3.05, 3.63) is 11.4 Å². The second-order valence-electron chi connectivity index (χ2n) is 2.41. The summed E-state index contributed by atoms with van der Waals surface area (Å²) >= 11 is 9.79. The van der Waals surface area contributed by atoms with Crippen LogP contribution in [0, 0.1) is 0 Å². The quantitative estimate of drug-likeness (QED) is 0.484. The van der Waals surface area contributed by atoms with Crippen LogP contribution in [0.15, 0.2) is 11.4 Å². The zero-order chi connectivity index (χ0) is 8.43. The third-order valence-electron chi connectivity index (χ3n) is 1.20. The van der Waals surface area contributed by atoms with Crippen molar-refractivity contribution < 1.29 is 0 Å². The van der Waals surface area contributed by atoms with Crippen molar-refractivity contribution in [1.29, 1.82) is 0 Å². The predicted octanol–water partition coefficient (Wildman–Crippen LogP) is 0.590. The molecule has 0 aromatic heterocycles. The van der Waals surface area contributed by atoms with Crippen molar-refractivity contribution in [3.63, 3.8) is 0 Å². The van der Waals surface area contributed by atoms with Gasteiger partial charge in [0.1, 0.15) is 5.82 Å². The third kappa shape index (κ3) is 2.13. The summed E-state index contributed by atoms with van der Waals surface area (Å²) in [6.07, 6.45) is 0. The Balaban J connectivity index is 2.80. The molecule has 1 aliphatic rings. The van der Waals surface area contributed by atoms with Crippen LogP contribution in [0.3, 0.4) is 0 Å². The lowest BCUT2D eigenvalue weighted by atomic mass is 10.3. The number of hydrogen-bond acceptors (Lipinski definition) is 2. The highest BCUT2D eigenvalue weighted by Gasteiger charge is 2.11. The van der Waals surface area contributed by atoms with Gasteiger partial charge in [-0.1, -0.05) is 0 Å². The van der Waals surface area contributed by atoms with Crippen LogP contribution in [-0.4, -0.2) is 10.2 Å². The predicted molar refractivity (Wildman–Crippen MR) is 53.0 cm³/mol. The van der Waals surface area contributed by atoms with Crippen LogP contribution in [0.2, 0.25) is 0 Å². The largest absolute Gasteiger partial charge is 0.319 e. The Hall–Kier alpha value is -0.680. The Morgan fingerprint density at radius 2 is 1.45 bits per heavy atom. The van der Waals surface area contributed by atoms with Gasteiger partial charge >= 0.3 is 0 Å². The average Bonchev–Trinajstić information content (AvgIpc) is 1.85. The molecule has 0 spiro atoms. The van der Waals surface area contributed by atoms with Crippen molar-refractivity contribution in [3.8, 4) is 0 Å². The van der Waals surface area contributed by atoms with Crippen LogP contribution in [0.4, 0.5) is 0 Å². The number of allylic oxidation sites excluding steroid dienone is 1. The molecule has 0 aliphatic carbocycles. The Kier molecular flexibility index (Phi) is 2.41. The topological polar surface area (TPSA) is 36.1 Å². The van der Waals surface area contributed by atoms with Crippen molar-refractivity contribution in [2.24, 2.45) is 0 Å². The molecule has 0 aromatic rings. The minimum absolute atomic E-state index is 0.546. The molecule has 1 rings (SSSR count). The highest BCUT2D eigenvalue weighted by atomic mass is 32.1. The molecule has 0 saturated carbocycles. The lowest BCUT2D eigenvalue weighted by Gasteiger charge is -2.23. The van der Waals surface area contributed by atoms with Crippen LogP contribution in [0.5, 0.6) is 0 Å². The maximum atomic E-state index is 4.90. The summed E-state index contributed by atoms with van der Waals surface area (Å²) in [5.74, 6) is 0.874. The van der Waals surface area contributed by atoms with E-state index in [2.05, 4.69) is 16.0 Å². The van der Waals surface area contributed by atoms with Gasteiger partial charge in [-0.15, -0.1) is 0 Å². The number of thiocarbonyl (C=S) groups is 2. The molecule has 3 N–H and O–H groups in total. The Labute approximate surface area is 76.2 Å². The van der Waals surface area contributed by atoms with Crippen LogP contribution in [-0.2, 0) is 0 Å². The molecule has 5 heteroatoms. The summed E-state index contributed by atoms with van der Waals surface area (Å²) in [7, 11) is 0. The SMILES string of the molecule is CC(C)=C1NC(=S)NC(=S)N1. The smallest absolute Gasteiger partial charge is 0.178 e. The van der Waals surface area contributed by atoms with Gasteiger partial charge in [0.15, 0.2) is 10.2 Å². The lowest BCUT2D eigenvalue weighted by Crippen LogP contribution is -2.53. The van der Waals surface area contributed by atoms with Gasteiger partial charge in [0.25, 0.3) is 0 Å². The third-order valence-corrected chi connectivity index (χ3v) is 1.61. The fraction of sp³-hybridized carbons (Fsp3) is 0.333. The molecule has 1 heterocycles. The van der Waals surface area contributed by atoms with Gasteiger partial charge in [0, 0.05) is 0 Å². The highest BCUT2D eigenvalue weighted by molar-refractivity contribution is 7.81. The van der Waals surface area contributed by atoms with Crippen LogP contribution in [0.25, 0.3) is 0 Å². The maximum absolute atomic E-state index is 4.90. The normalized spacial score (nSPS) is 16.7. The zero-order valence-corrected chi connectivity index (χ0v) is 7.95. The zero-order valence-electron chi connectivity index (χ0n) is 6.32. The van der Waals surface area contributed by atoms with Gasteiger partial charge in [0.05, 0.1) is 0 Å². The molecule has 1 fully saturated rings. The highest BCUT2D eigenvalue weighted by Crippen LogP contribution is 1.98. The Morgan fingerprint density at radius 1 is 1.00 bits per heavy atom. The minimum atomic E-state index is 0.546. The van der Waals surface area contributed by atoms with E-state index in [-0.39, 0.29) is 0 Å². The summed E-state index contributed by atoms with van der Waals surface area (Å²) in [5.41, 5.74) is 1.12.